The van der Waals surface area contributed by atoms with Crippen LogP contribution in [0.3, 0.4) is 0 Å². The van der Waals surface area contributed by atoms with Gasteiger partial charge in [0.15, 0.2) is 0 Å². The van der Waals surface area contributed by atoms with E-state index >= 15 is 0 Å². The van der Waals surface area contributed by atoms with Crippen LogP contribution in [0.2, 0.25) is 5.02 Å². The van der Waals surface area contributed by atoms with E-state index < -0.39 is 0 Å². The molecule has 0 atom stereocenters. The van der Waals surface area contributed by atoms with E-state index in [9.17, 15) is 0 Å². The normalized spacial score (nSPS) is 15.5. The lowest BCUT2D eigenvalue weighted by molar-refractivity contribution is 0.416. The highest BCUT2D eigenvalue weighted by Gasteiger charge is 2.22. The van der Waals surface area contributed by atoms with Gasteiger partial charge in [0.25, 0.3) is 0 Å². The van der Waals surface area contributed by atoms with Gasteiger partial charge in [-0.25, -0.2) is 0 Å². The van der Waals surface area contributed by atoms with Gasteiger partial charge in [-0.15, -0.1) is 0 Å². The summed E-state index contributed by atoms with van der Waals surface area (Å²) in [6.45, 7) is 0. The molecule has 1 aromatic rings. The second-order valence-corrected chi connectivity index (χ2v) is 3.70. The number of anilines is 1. The molecule has 3 heteroatoms. The van der Waals surface area contributed by atoms with Gasteiger partial charge in [-0.3, -0.25) is 0 Å². The Balaban J connectivity index is 2.22. The van der Waals surface area contributed by atoms with Crippen molar-refractivity contribution in [2.45, 2.75) is 18.9 Å². The molecule has 1 fully saturated rings. The van der Waals surface area contributed by atoms with Crippen LogP contribution in [0.25, 0.3) is 0 Å². The zero-order valence-corrected chi connectivity index (χ0v) is 8.27. The number of nitrogens with one attached hydrogen (secondary N) is 1. The molecule has 0 saturated heterocycles. The monoisotopic (exact) mass is 197 g/mol. The van der Waals surface area contributed by atoms with E-state index in [4.69, 9.17) is 16.3 Å². The SMILES string of the molecule is COc1ccc(Cl)cc1NC1CC1. The van der Waals surface area contributed by atoms with E-state index in [0.717, 1.165) is 16.5 Å². The summed E-state index contributed by atoms with van der Waals surface area (Å²) in [7, 11) is 1.67. The first-order valence-electron chi connectivity index (χ1n) is 4.39. The number of ether oxygens (including phenoxy) is 1. The highest BCUT2D eigenvalue weighted by atomic mass is 35.5. The fourth-order valence-corrected chi connectivity index (χ4v) is 1.41. The predicted molar refractivity (Wildman–Crippen MR) is 54.6 cm³/mol. The molecule has 0 heterocycles. The minimum atomic E-state index is 0.618. The van der Waals surface area contributed by atoms with Crippen molar-refractivity contribution in [3.63, 3.8) is 0 Å². The minimum Gasteiger partial charge on any atom is -0.495 e. The third-order valence-electron chi connectivity index (χ3n) is 2.10. The van der Waals surface area contributed by atoms with Crippen molar-refractivity contribution in [3.8, 4) is 5.75 Å². The third-order valence-corrected chi connectivity index (χ3v) is 2.33. The van der Waals surface area contributed by atoms with E-state index in [1.54, 1.807) is 7.11 Å². The molecule has 0 unspecified atom stereocenters. The van der Waals surface area contributed by atoms with E-state index in [-0.39, 0.29) is 0 Å². The molecule has 0 amide bonds. The molecule has 0 radical (unpaired) electrons. The summed E-state index contributed by atoms with van der Waals surface area (Å²) in [5.41, 5.74) is 0.998. The molecule has 2 rings (SSSR count). The summed E-state index contributed by atoms with van der Waals surface area (Å²) in [4.78, 5) is 0. The maximum Gasteiger partial charge on any atom is 0.142 e. The van der Waals surface area contributed by atoms with Crippen LogP contribution in [0, 0.1) is 0 Å². The van der Waals surface area contributed by atoms with Crippen molar-refractivity contribution in [3.05, 3.63) is 23.2 Å². The largest absolute Gasteiger partial charge is 0.495 e. The Morgan fingerprint density at radius 3 is 2.85 bits per heavy atom. The Kier molecular flexibility index (Phi) is 2.32. The predicted octanol–water partition coefficient (Wildman–Crippen LogP) is 2.92. The summed E-state index contributed by atoms with van der Waals surface area (Å²) in [6, 6.07) is 6.23. The van der Waals surface area contributed by atoms with Crippen LogP contribution in [-0.2, 0) is 0 Å². The van der Waals surface area contributed by atoms with E-state index in [1.165, 1.54) is 12.8 Å². The molecule has 2 nitrogen and oxygen atoms in total. The molecule has 1 aliphatic carbocycles. The fourth-order valence-electron chi connectivity index (χ4n) is 1.24. The van der Waals surface area contributed by atoms with Crippen LogP contribution in [0.5, 0.6) is 5.75 Å². The molecule has 1 saturated carbocycles. The Morgan fingerprint density at radius 2 is 2.23 bits per heavy atom. The first-order valence-corrected chi connectivity index (χ1v) is 4.77. The van der Waals surface area contributed by atoms with Gasteiger partial charge in [0.05, 0.1) is 12.8 Å². The second kappa shape index (κ2) is 3.46. The Morgan fingerprint density at radius 1 is 1.46 bits per heavy atom. The maximum absolute atomic E-state index is 5.88. The standard InChI is InChI=1S/C10H12ClNO/c1-13-10-5-2-7(11)6-9(10)12-8-3-4-8/h2,5-6,8,12H,3-4H2,1H3. The highest BCUT2D eigenvalue weighted by molar-refractivity contribution is 6.30. The molecular formula is C10H12ClNO. The van der Waals surface area contributed by atoms with Gasteiger partial charge in [-0.05, 0) is 31.0 Å². The van der Waals surface area contributed by atoms with Gasteiger partial charge < -0.3 is 10.1 Å². The molecule has 1 aliphatic rings. The molecule has 0 spiro atoms. The second-order valence-electron chi connectivity index (χ2n) is 3.26. The fraction of sp³-hybridized carbons (Fsp3) is 0.400. The lowest BCUT2D eigenvalue weighted by Gasteiger charge is -2.10. The van der Waals surface area contributed by atoms with Crippen molar-refractivity contribution in [2.75, 3.05) is 12.4 Å². The number of hydrogen-bond acceptors (Lipinski definition) is 2. The Hall–Kier alpha value is -0.890. The summed E-state index contributed by atoms with van der Waals surface area (Å²) in [6.07, 6.45) is 2.49. The lowest BCUT2D eigenvalue weighted by Crippen LogP contribution is -2.02. The van der Waals surface area contributed by atoms with Gasteiger partial charge in [-0.2, -0.15) is 0 Å². The summed E-state index contributed by atoms with van der Waals surface area (Å²) in [5.74, 6) is 0.858. The van der Waals surface area contributed by atoms with Gasteiger partial charge in [0, 0.05) is 11.1 Å². The zero-order chi connectivity index (χ0) is 9.26. The smallest absolute Gasteiger partial charge is 0.142 e. The van der Waals surface area contributed by atoms with Crippen molar-refractivity contribution < 1.29 is 4.74 Å². The van der Waals surface area contributed by atoms with E-state index in [0.29, 0.717) is 6.04 Å². The van der Waals surface area contributed by atoms with Crippen LogP contribution in [-0.4, -0.2) is 13.2 Å². The van der Waals surface area contributed by atoms with Crippen molar-refractivity contribution in [1.29, 1.82) is 0 Å². The number of rotatable bonds is 3. The van der Waals surface area contributed by atoms with Crippen molar-refractivity contribution in [2.24, 2.45) is 0 Å². The molecule has 0 aliphatic heterocycles. The topological polar surface area (TPSA) is 21.3 Å². The van der Waals surface area contributed by atoms with Crippen LogP contribution < -0.4 is 10.1 Å². The molecule has 1 N–H and O–H groups in total. The van der Waals surface area contributed by atoms with Crippen LogP contribution >= 0.6 is 11.6 Å². The van der Waals surface area contributed by atoms with E-state index in [2.05, 4.69) is 5.32 Å². The summed E-state index contributed by atoms with van der Waals surface area (Å²) >= 11 is 5.88. The molecule has 70 valence electrons. The zero-order valence-electron chi connectivity index (χ0n) is 7.51. The average Bonchev–Trinajstić information content (AvgIpc) is 2.89. The van der Waals surface area contributed by atoms with Gasteiger partial charge >= 0.3 is 0 Å². The minimum absolute atomic E-state index is 0.618. The van der Waals surface area contributed by atoms with Crippen LogP contribution in [0.4, 0.5) is 5.69 Å². The third kappa shape index (κ3) is 2.07. The van der Waals surface area contributed by atoms with E-state index in [1.807, 2.05) is 18.2 Å². The first-order chi connectivity index (χ1) is 6.29. The quantitative estimate of drug-likeness (QED) is 0.805. The molecule has 13 heavy (non-hydrogen) atoms. The van der Waals surface area contributed by atoms with Gasteiger partial charge in [0.1, 0.15) is 5.75 Å². The summed E-state index contributed by atoms with van der Waals surface area (Å²) < 4.78 is 5.21. The number of halogens is 1. The van der Waals surface area contributed by atoms with Crippen molar-refractivity contribution in [1.82, 2.24) is 0 Å². The Bertz CT molecular complexity index is 310. The molecular weight excluding hydrogens is 186 g/mol. The van der Waals surface area contributed by atoms with Gasteiger partial charge in [-0.1, -0.05) is 11.6 Å². The number of methoxy groups -OCH3 is 1. The first kappa shape index (κ1) is 8.70. The number of hydrogen-bond donors (Lipinski definition) is 1. The highest BCUT2D eigenvalue weighted by Crippen LogP contribution is 2.32. The molecule has 1 aromatic carbocycles. The molecule has 0 bridgehead atoms. The summed E-state index contributed by atoms with van der Waals surface area (Å²) in [5, 5.41) is 4.11. The van der Waals surface area contributed by atoms with Crippen LogP contribution in [0.15, 0.2) is 18.2 Å². The number of benzene rings is 1. The molecule has 0 aromatic heterocycles. The van der Waals surface area contributed by atoms with Crippen molar-refractivity contribution >= 4 is 17.3 Å². The maximum atomic E-state index is 5.88. The lowest BCUT2D eigenvalue weighted by atomic mass is 10.3. The average molecular weight is 198 g/mol. The van der Waals surface area contributed by atoms with Gasteiger partial charge in [0.2, 0.25) is 0 Å². The van der Waals surface area contributed by atoms with Crippen LogP contribution in [0.1, 0.15) is 12.8 Å². The Labute approximate surface area is 82.9 Å².